The van der Waals surface area contributed by atoms with Crippen molar-refractivity contribution in [2.45, 2.75) is 64.1 Å². The van der Waals surface area contributed by atoms with Crippen molar-refractivity contribution in [2.75, 3.05) is 19.8 Å². The topological polar surface area (TPSA) is 49.9 Å². The third-order valence-corrected chi connectivity index (χ3v) is 5.37. The summed E-state index contributed by atoms with van der Waals surface area (Å²) in [6.07, 6.45) is 3.41. The molecule has 118 valence electrons. The van der Waals surface area contributed by atoms with Crippen molar-refractivity contribution in [1.82, 2.24) is 9.80 Å². The molecule has 2 amide bonds. The molecular formula is C16H26N2O3. The van der Waals surface area contributed by atoms with Crippen LogP contribution in [0.5, 0.6) is 0 Å². The van der Waals surface area contributed by atoms with E-state index in [1.165, 1.54) is 0 Å². The Kier molecular flexibility index (Phi) is 3.72. The molecule has 2 unspecified atom stereocenters. The Hall–Kier alpha value is -1.10. The van der Waals surface area contributed by atoms with Crippen LogP contribution in [0, 0.1) is 5.92 Å². The van der Waals surface area contributed by atoms with Gasteiger partial charge in [0.15, 0.2) is 0 Å². The van der Waals surface area contributed by atoms with Gasteiger partial charge in [0, 0.05) is 25.3 Å². The first-order chi connectivity index (χ1) is 9.96. The highest BCUT2D eigenvalue weighted by atomic mass is 16.5. The van der Waals surface area contributed by atoms with Gasteiger partial charge in [-0.2, -0.15) is 0 Å². The summed E-state index contributed by atoms with van der Waals surface area (Å²) < 4.78 is 5.47. The minimum absolute atomic E-state index is 0.141. The SMILES string of the molecule is CC(C)C1C(=O)N2CCCC2C(=O)N1C1(C)CCOCC1. The second-order valence-corrected chi connectivity index (χ2v) is 7.20. The number of rotatable bonds is 2. The second kappa shape index (κ2) is 5.27. The maximum Gasteiger partial charge on any atom is 0.246 e. The second-order valence-electron chi connectivity index (χ2n) is 7.20. The minimum Gasteiger partial charge on any atom is -0.381 e. The molecule has 3 aliphatic heterocycles. The number of carbonyl (C=O) groups is 2. The Morgan fingerprint density at radius 3 is 2.48 bits per heavy atom. The first-order valence-electron chi connectivity index (χ1n) is 8.17. The zero-order chi connectivity index (χ0) is 15.2. The monoisotopic (exact) mass is 294 g/mol. The molecule has 3 rings (SSSR count). The number of fused-ring (bicyclic) bond motifs is 1. The van der Waals surface area contributed by atoms with Gasteiger partial charge in [-0.1, -0.05) is 13.8 Å². The van der Waals surface area contributed by atoms with Gasteiger partial charge in [0.2, 0.25) is 11.8 Å². The largest absolute Gasteiger partial charge is 0.381 e. The summed E-state index contributed by atoms with van der Waals surface area (Å²) in [5, 5.41) is 0. The van der Waals surface area contributed by atoms with Crippen molar-refractivity contribution in [2.24, 2.45) is 5.92 Å². The van der Waals surface area contributed by atoms with Gasteiger partial charge in [-0.3, -0.25) is 9.59 Å². The molecule has 0 radical (unpaired) electrons. The summed E-state index contributed by atoms with van der Waals surface area (Å²) in [7, 11) is 0. The predicted molar refractivity (Wildman–Crippen MR) is 78.7 cm³/mol. The highest BCUT2D eigenvalue weighted by Crippen LogP contribution is 2.38. The number of amides is 2. The predicted octanol–water partition coefficient (Wildman–Crippen LogP) is 1.41. The lowest BCUT2D eigenvalue weighted by atomic mass is 9.83. The molecule has 0 saturated carbocycles. The quantitative estimate of drug-likeness (QED) is 0.774. The van der Waals surface area contributed by atoms with Crippen molar-refractivity contribution >= 4 is 11.8 Å². The van der Waals surface area contributed by atoms with Crippen LogP contribution < -0.4 is 0 Å². The normalized spacial score (nSPS) is 32.8. The molecule has 21 heavy (non-hydrogen) atoms. The van der Waals surface area contributed by atoms with E-state index < -0.39 is 0 Å². The van der Waals surface area contributed by atoms with Crippen LogP contribution in [0.2, 0.25) is 0 Å². The van der Waals surface area contributed by atoms with Crippen molar-refractivity contribution in [3.63, 3.8) is 0 Å². The summed E-state index contributed by atoms with van der Waals surface area (Å²) in [6, 6.07) is -0.526. The van der Waals surface area contributed by atoms with E-state index in [2.05, 4.69) is 6.92 Å². The van der Waals surface area contributed by atoms with Gasteiger partial charge < -0.3 is 14.5 Å². The summed E-state index contributed by atoms with van der Waals surface area (Å²) >= 11 is 0. The Balaban J connectivity index is 1.98. The van der Waals surface area contributed by atoms with Crippen molar-refractivity contribution < 1.29 is 14.3 Å². The van der Waals surface area contributed by atoms with Gasteiger partial charge in [0.1, 0.15) is 12.1 Å². The zero-order valence-electron chi connectivity index (χ0n) is 13.3. The Morgan fingerprint density at radius 2 is 1.86 bits per heavy atom. The Labute approximate surface area is 126 Å². The number of hydrogen-bond donors (Lipinski definition) is 0. The smallest absolute Gasteiger partial charge is 0.246 e. The first-order valence-corrected chi connectivity index (χ1v) is 8.17. The summed E-state index contributed by atoms with van der Waals surface area (Å²) in [5.74, 6) is 0.456. The maximum atomic E-state index is 13.1. The van der Waals surface area contributed by atoms with Crippen LogP contribution in [0.4, 0.5) is 0 Å². The first kappa shape index (κ1) is 14.8. The van der Waals surface area contributed by atoms with Crippen LogP contribution >= 0.6 is 0 Å². The van der Waals surface area contributed by atoms with Crippen LogP contribution in [0.15, 0.2) is 0 Å². The molecule has 3 heterocycles. The zero-order valence-corrected chi connectivity index (χ0v) is 13.3. The number of ether oxygens (including phenoxy) is 1. The fourth-order valence-corrected chi connectivity index (χ4v) is 4.10. The van der Waals surface area contributed by atoms with E-state index in [1.54, 1.807) is 0 Å². The van der Waals surface area contributed by atoms with Crippen molar-refractivity contribution in [3.8, 4) is 0 Å². The fourth-order valence-electron chi connectivity index (χ4n) is 4.10. The molecule has 0 spiro atoms. The van der Waals surface area contributed by atoms with Gasteiger partial charge in [-0.25, -0.2) is 0 Å². The van der Waals surface area contributed by atoms with Crippen molar-refractivity contribution in [1.29, 1.82) is 0 Å². The molecule has 5 nitrogen and oxygen atoms in total. The summed E-state index contributed by atoms with van der Waals surface area (Å²) in [5.41, 5.74) is -0.241. The molecule has 2 atom stereocenters. The van der Waals surface area contributed by atoms with Gasteiger partial charge in [-0.05, 0) is 38.5 Å². The molecule has 3 fully saturated rings. The van der Waals surface area contributed by atoms with Crippen LogP contribution in [0.25, 0.3) is 0 Å². The molecular weight excluding hydrogens is 268 g/mol. The van der Waals surface area contributed by atoms with E-state index in [9.17, 15) is 9.59 Å². The molecule has 0 N–H and O–H groups in total. The third kappa shape index (κ3) is 2.26. The number of nitrogens with zero attached hydrogens (tertiary/aromatic N) is 2. The summed E-state index contributed by atoms with van der Waals surface area (Å²) in [4.78, 5) is 29.7. The Morgan fingerprint density at radius 1 is 1.19 bits per heavy atom. The van der Waals surface area contributed by atoms with E-state index in [1.807, 2.05) is 23.6 Å². The lowest BCUT2D eigenvalue weighted by molar-refractivity contribution is -0.173. The lowest BCUT2D eigenvalue weighted by Gasteiger charge is -2.53. The van der Waals surface area contributed by atoms with E-state index in [0.717, 1.165) is 32.2 Å². The molecule has 0 aromatic carbocycles. The fraction of sp³-hybridized carbons (Fsp3) is 0.875. The van der Waals surface area contributed by atoms with Crippen LogP contribution in [-0.4, -0.2) is 59.0 Å². The van der Waals surface area contributed by atoms with Gasteiger partial charge in [0.05, 0.1) is 0 Å². The third-order valence-electron chi connectivity index (χ3n) is 5.37. The average molecular weight is 294 g/mol. The lowest BCUT2D eigenvalue weighted by Crippen LogP contribution is -2.70. The van der Waals surface area contributed by atoms with Crippen LogP contribution in [0.1, 0.15) is 46.5 Å². The molecule has 5 heteroatoms. The average Bonchev–Trinajstić information content (AvgIpc) is 2.92. The number of piperazine rings is 1. The number of hydrogen-bond acceptors (Lipinski definition) is 3. The molecule has 3 aliphatic rings. The molecule has 0 aromatic heterocycles. The highest BCUT2D eigenvalue weighted by molar-refractivity contribution is 5.98. The van der Waals surface area contributed by atoms with E-state index in [0.29, 0.717) is 13.2 Å². The van der Waals surface area contributed by atoms with Gasteiger partial charge in [-0.15, -0.1) is 0 Å². The summed E-state index contributed by atoms with van der Waals surface area (Å²) in [6.45, 7) is 8.30. The van der Waals surface area contributed by atoms with E-state index in [-0.39, 0.29) is 35.4 Å². The molecule has 0 bridgehead atoms. The Bertz CT molecular complexity index is 443. The number of carbonyl (C=O) groups excluding carboxylic acids is 2. The minimum atomic E-state index is -0.310. The van der Waals surface area contributed by atoms with Gasteiger partial charge >= 0.3 is 0 Å². The van der Waals surface area contributed by atoms with Gasteiger partial charge in [0.25, 0.3) is 0 Å². The molecule has 3 saturated heterocycles. The van der Waals surface area contributed by atoms with E-state index >= 15 is 0 Å². The standard InChI is InChI=1S/C16H26N2O3/c1-11(2)13-15(20)17-8-4-5-12(17)14(19)18(13)16(3)6-9-21-10-7-16/h11-13H,4-10H2,1-3H3. The highest BCUT2D eigenvalue weighted by Gasteiger charge is 2.54. The van der Waals surface area contributed by atoms with E-state index in [4.69, 9.17) is 4.74 Å². The molecule has 0 aliphatic carbocycles. The van der Waals surface area contributed by atoms with Crippen LogP contribution in [0.3, 0.4) is 0 Å². The molecule has 0 aromatic rings. The van der Waals surface area contributed by atoms with Crippen molar-refractivity contribution in [3.05, 3.63) is 0 Å². The maximum absolute atomic E-state index is 13.1. The van der Waals surface area contributed by atoms with Crippen LogP contribution in [-0.2, 0) is 14.3 Å².